The van der Waals surface area contributed by atoms with E-state index in [9.17, 15) is 26.7 Å². The zero-order chi connectivity index (χ0) is 21.9. The van der Waals surface area contributed by atoms with Gasteiger partial charge in [0.15, 0.2) is 0 Å². The van der Waals surface area contributed by atoms with Gasteiger partial charge in [0.2, 0.25) is 21.9 Å². The van der Waals surface area contributed by atoms with Crippen LogP contribution in [0.1, 0.15) is 18.4 Å². The molecule has 0 amide bonds. The lowest BCUT2D eigenvalue weighted by atomic mass is 10.1. The first-order chi connectivity index (χ1) is 14.0. The molecule has 1 aromatic heterocycles. The van der Waals surface area contributed by atoms with E-state index in [1.165, 1.54) is 24.3 Å². The third-order valence-electron chi connectivity index (χ3n) is 4.30. The lowest BCUT2D eigenvalue weighted by Gasteiger charge is -2.23. The summed E-state index contributed by atoms with van der Waals surface area (Å²) in [7, 11) is -3.88. The average molecular weight is 448 g/mol. The Hall–Kier alpha value is -2.48. The minimum atomic E-state index is -4.77. The second-order valence-electron chi connectivity index (χ2n) is 6.52. The summed E-state index contributed by atoms with van der Waals surface area (Å²) < 4.78 is 73.3. The number of primary sulfonamides is 1. The first-order valence-electron chi connectivity index (χ1n) is 8.80. The maximum Gasteiger partial charge on any atom is 0.423 e. The Balaban J connectivity index is 1.86. The number of anilines is 2. The van der Waals surface area contributed by atoms with Crippen molar-refractivity contribution in [3.05, 3.63) is 36.0 Å². The fourth-order valence-corrected chi connectivity index (χ4v) is 3.25. The Morgan fingerprint density at radius 3 is 2.50 bits per heavy atom. The number of aliphatic hydroxyl groups excluding tert-OH is 1. The highest BCUT2D eigenvalue weighted by molar-refractivity contribution is 7.89. The molecular formula is C17H19F3N4O5S. The molecule has 3 rings (SSSR count). The van der Waals surface area contributed by atoms with Gasteiger partial charge in [-0.15, -0.1) is 0 Å². The molecule has 1 aromatic carbocycles. The molecule has 0 saturated carbocycles. The molecule has 1 saturated heterocycles. The number of benzene rings is 1. The van der Waals surface area contributed by atoms with Gasteiger partial charge in [0, 0.05) is 31.3 Å². The van der Waals surface area contributed by atoms with Crippen molar-refractivity contribution in [3.8, 4) is 5.88 Å². The van der Waals surface area contributed by atoms with E-state index in [0.29, 0.717) is 11.9 Å². The smallest absolute Gasteiger partial charge is 0.423 e. The summed E-state index contributed by atoms with van der Waals surface area (Å²) in [6.45, 7) is 0.508. The van der Waals surface area contributed by atoms with Crippen molar-refractivity contribution in [1.82, 2.24) is 9.97 Å². The number of nitrogens with zero attached hydrogens (tertiary/aromatic N) is 2. The van der Waals surface area contributed by atoms with Gasteiger partial charge >= 0.3 is 6.18 Å². The second-order valence-corrected chi connectivity index (χ2v) is 8.08. The molecule has 30 heavy (non-hydrogen) atoms. The molecule has 4 N–H and O–H groups in total. The predicted octanol–water partition coefficient (Wildman–Crippen LogP) is 1.81. The molecule has 0 spiro atoms. The van der Waals surface area contributed by atoms with Crippen molar-refractivity contribution in [2.24, 2.45) is 5.14 Å². The molecule has 0 aliphatic carbocycles. The minimum Gasteiger partial charge on any atom is -0.471 e. The molecule has 0 radical (unpaired) electrons. The van der Waals surface area contributed by atoms with Gasteiger partial charge in [-0.2, -0.15) is 18.2 Å². The molecule has 2 heterocycles. The van der Waals surface area contributed by atoms with Gasteiger partial charge in [0.05, 0.1) is 17.6 Å². The number of alkyl halides is 3. The number of hydrogen-bond donors (Lipinski definition) is 3. The van der Waals surface area contributed by atoms with Gasteiger partial charge in [-0.1, -0.05) is 0 Å². The zero-order valence-corrected chi connectivity index (χ0v) is 16.3. The van der Waals surface area contributed by atoms with E-state index in [4.69, 9.17) is 14.6 Å². The Bertz CT molecular complexity index is 986. The SMILES string of the molecule is NS(=O)(=O)c1ccc(Nc2ncc(C(F)(F)F)c(O[C@@H]3CCOCC[C@@H]3O)n2)cc1. The minimum absolute atomic E-state index is 0.130. The molecule has 2 aromatic rings. The fourth-order valence-electron chi connectivity index (χ4n) is 2.73. The first-order valence-corrected chi connectivity index (χ1v) is 10.4. The van der Waals surface area contributed by atoms with Gasteiger partial charge in [0.25, 0.3) is 0 Å². The van der Waals surface area contributed by atoms with Gasteiger partial charge in [0.1, 0.15) is 11.7 Å². The van der Waals surface area contributed by atoms with E-state index in [1.54, 1.807) is 0 Å². The van der Waals surface area contributed by atoms with E-state index < -0.39 is 39.9 Å². The molecule has 2 atom stereocenters. The van der Waals surface area contributed by atoms with Crippen LogP contribution in [0.2, 0.25) is 0 Å². The van der Waals surface area contributed by atoms with Gasteiger partial charge < -0.3 is 19.9 Å². The zero-order valence-electron chi connectivity index (χ0n) is 15.5. The Kier molecular flexibility index (Phi) is 6.45. The molecule has 0 unspecified atom stereocenters. The number of halogens is 3. The monoisotopic (exact) mass is 448 g/mol. The third kappa shape index (κ3) is 5.56. The highest BCUT2D eigenvalue weighted by Gasteiger charge is 2.38. The van der Waals surface area contributed by atoms with Gasteiger partial charge in [-0.05, 0) is 24.3 Å². The number of rotatable bonds is 5. The second kappa shape index (κ2) is 8.71. The largest absolute Gasteiger partial charge is 0.471 e. The average Bonchev–Trinajstić information content (AvgIpc) is 2.85. The molecular weight excluding hydrogens is 429 g/mol. The van der Waals surface area contributed by atoms with Crippen LogP contribution in [0, 0.1) is 0 Å². The quantitative estimate of drug-likeness (QED) is 0.630. The van der Waals surface area contributed by atoms with Crippen molar-refractivity contribution < 1.29 is 36.2 Å². The van der Waals surface area contributed by atoms with Crippen molar-refractivity contribution in [1.29, 1.82) is 0 Å². The van der Waals surface area contributed by atoms with E-state index in [0.717, 1.165) is 0 Å². The lowest BCUT2D eigenvalue weighted by Crippen LogP contribution is -2.32. The number of ether oxygens (including phenoxy) is 2. The Morgan fingerprint density at radius 1 is 1.20 bits per heavy atom. The molecule has 1 fully saturated rings. The summed E-state index contributed by atoms with van der Waals surface area (Å²) in [6, 6.07) is 5.16. The van der Waals surface area contributed by atoms with Crippen LogP contribution in [0.3, 0.4) is 0 Å². The van der Waals surface area contributed by atoms with E-state index in [2.05, 4.69) is 15.3 Å². The normalized spacial score (nSPS) is 20.4. The van der Waals surface area contributed by atoms with Crippen LogP contribution in [0.5, 0.6) is 5.88 Å². The Labute approximate surface area is 170 Å². The molecule has 9 nitrogen and oxygen atoms in total. The van der Waals surface area contributed by atoms with Crippen molar-refractivity contribution in [2.45, 2.75) is 36.1 Å². The van der Waals surface area contributed by atoms with E-state index in [1.807, 2.05) is 0 Å². The van der Waals surface area contributed by atoms with Crippen LogP contribution in [-0.2, 0) is 20.9 Å². The van der Waals surface area contributed by atoms with Gasteiger partial charge in [-0.3, -0.25) is 0 Å². The molecule has 13 heteroatoms. The molecule has 1 aliphatic rings. The molecule has 0 bridgehead atoms. The summed E-state index contributed by atoms with van der Waals surface area (Å²) in [5, 5.41) is 17.8. The number of nitrogens with two attached hydrogens (primary N) is 1. The summed E-state index contributed by atoms with van der Waals surface area (Å²) in [5.74, 6) is -0.937. The van der Waals surface area contributed by atoms with Crippen LogP contribution in [0.25, 0.3) is 0 Å². The highest BCUT2D eigenvalue weighted by Crippen LogP contribution is 2.36. The van der Waals surface area contributed by atoms with Crippen LogP contribution >= 0.6 is 0 Å². The van der Waals surface area contributed by atoms with Crippen LogP contribution in [0.15, 0.2) is 35.4 Å². The van der Waals surface area contributed by atoms with Crippen LogP contribution < -0.4 is 15.2 Å². The van der Waals surface area contributed by atoms with E-state index >= 15 is 0 Å². The summed E-state index contributed by atoms with van der Waals surface area (Å²) in [5.41, 5.74) is -0.869. The number of sulfonamides is 1. The Morgan fingerprint density at radius 2 is 1.87 bits per heavy atom. The first kappa shape index (κ1) is 22.2. The van der Waals surface area contributed by atoms with E-state index in [-0.39, 0.29) is 36.9 Å². The highest BCUT2D eigenvalue weighted by atomic mass is 32.2. The topological polar surface area (TPSA) is 137 Å². The maximum absolute atomic E-state index is 13.4. The summed E-state index contributed by atoms with van der Waals surface area (Å²) >= 11 is 0. The van der Waals surface area contributed by atoms with Crippen LogP contribution in [-0.4, -0.2) is 48.9 Å². The standard InChI is InChI=1S/C17H19F3N4O5S/c18-17(19,20)12-9-22-16(23-10-1-3-11(4-2-10)30(21,26)27)24-15(12)29-14-6-8-28-7-5-13(14)25/h1-4,9,13-14,25H,5-8H2,(H2,21,26,27)(H,22,23,24)/t13-,14+/m0/s1. The number of aliphatic hydroxyl groups is 1. The summed E-state index contributed by atoms with van der Waals surface area (Å²) in [4.78, 5) is 7.33. The predicted molar refractivity (Wildman–Crippen MR) is 98.6 cm³/mol. The lowest BCUT2D eigenvalue weighted by molar-refractivity contribution is -0.140. The van der Waals surface area contributed by atoms with Crippen molar-refractivity contribution in [3.63, 3.8) is 0 Å². The third-order valence-corrected chi connectivity index (χ3v) is 5.22. The fraction of sp³-hybridized carbons (Fsp3) is 0.412. The van der Waals surface area contributed by atoms with Crippen molar-refractivity contribution in [2.75, 3.05) is 18.5 Å². The van der Waals surface area contributed by atoms with Gasteiger partial charge in [-0.25, -0.2) is 18.5 Å². The summed E-state index contributed by atoms with van der Waals surface area (Å²) in [6.07, 6.45) is -5.71. The number of aromatic nitrogens is 2. The van der Waals surface area contributed by atoms with Crippen molar-refractivity contribution >= 4 is 21.7 Å². The number of hydrogen-bond acceptors (Lipinski definition) is 8. The molecule has 1 aliphatic heterocycles. The van der Waals surface area contributed by atoms with Crippen LogP contribution in [0.4, 0.5) is 24.8 Å². The maximum atomic E-state index is 13.4. The molecule has 164 valence electrons. The number of nitrogens with one attached hydrogen (secondary N) is 1.